The van der Waals surface area contributed by atoms with Gasteiger partial charge in [0, 0.05) is 48.4 Å². The van der Waals surface area contributed by atoms with Crippen LogP contribution in [0.4, 0.5) is 5.69 Å². The number of nitrogens with one attached hydrogen (secondary N) is 1. The number of amides is 2. The Balaban J connectivity index is 0.00000261. The zero-order valence-electron chi connectivity index (χ0n) is 14.6. The normalized spacial score (nSPS) is 16.6. The van der Waals surface area contributed by atoms with Crippen LogP contribution in [0.3, 0.4) is 0 Å². The number of likely N-dealkylation sites (tertiary alicyclic amines) is 1. The van der Waals surface area contributed by atoms with Gasteiger partial charge in [-0.1, -0.05) is 0 Å². The summed E-state index contributed by atoms with van der Waals surface area (Å²) in [6, 6.07) is 6.26. The number of thiophene rings is 1. The minimum Gasteiger partial charge on any atom is -0.355 e. The number of non-ortho nitro benzene ring substituents is 1. The standard InChI is InChI=1S/C17H20N4O4S.ClH/c18-5-6-19-16(22)11-2-1-7-20(10-11)17(23)15-9-12-8-13(21(24)25)3-4-14(12)26-15;/h3-4,8-9,11H,1-2,5-7,10,18H2,(H,19,22);1H. The van der Waals surface area contributed by atoms with E-state index in [4.69, 9.17) is 5.73 Å². The van der Waals surface area contributed by atoms with Gasteiger partial charge < -0.3 is 16.0 Å². The molecule has 1 fully saturated rings. The highest BCUT2D eigenvalue weighted by Gasteiger charge is 2.29. The Morgan fingerprint density at radius 2 is 2.15 bits per heavy atom. The molecule has 0 aliphatic carbocycles. The maximum atomic E-state index is 12.8. The third-order valence-electron chi connectivity index (χ3n) is 4.44. The molecule has 1 aromatic carbocycles. The molecule has 0 bridgehead atoms. The predicted molar refractivity (Wildman–Crippen MR) is 106 cm³/mol. The molecular formula is C17H21ClN4O4S. The Hall–Kier alpha value is -2.23. The summed E-state index contributed by atoms with van der Waals surface area (Å²) in [6.45, 7) is 1.80. The molecule has 3 N–H and O–H groups in total. The number of piperidine rings is 1. The first-order valence-electron chi connectivity index (χ1n) is 8.44. The maximum Gasteiger partial charge on any atom is 0.270 e. The molecule has 1 aromatic heterocycles. The van der Waals surface area contributed by atoms with Crippen molar-refractivity contribution in [3.05, 3.63) is 39.3 Å². The van der Waals surface area contributed by atoms with Crippen molar-refractivity contribution in [1.29, 1.82) is 0 Å². The van der Waals surface area contributed by atoms with Gasteiger partial charge in [0.15, 0.2) is 0 Å². The molecule has 27 heavy (non-hydrogen) atoms. The summed E-state index contributed by atoms with van der Waals surface area (Å²) in [6.07, 6.45) is 1.52. The van der Waals surface area contributed by atoms with Crippen LogP contribution < -0.4 is 11.1 Å². The minimum atomic E-state index is -0.451. The van der Waals surface area contributed by atoms with E-state index in [-0.39, 0.29) is 35.8 Å². The summed E-state index contributed by atoms with van der Waals surface area (Å²) in [4.78, 5) is 37.6. The number of benzene rings is 1. The van der Waals surface area contributed by atoms with Crippen LogP contribution in [0.2, 0.25) is 0 Å². The first kappa shape index (κ1) is 21.1. The zero-order chi connectivity index (χ0) is 18.7. The molecule has 146 valence electrons. The molecule has 1 unspecified atom stereocenters. The van der Waals surface area contributed by atoms with Crippen LogP contribution in [0.15, 0.2) is 24.3 Å². The Kier molecular flexibility index (Phi) is 7.11. The predicted octanol–water partition coefficient (Wildman–Crippen LogP) is 2.16. The molecule has 0 radical (unpaired) electrons. The van der Waals surface area contributed by atoms with E-state index in [1.165, 1.54) is 23.5 Å². The van der Waals surface area contributed by atoms with Crippen LogP contribution in [0.5, 0.6) is 0 Å². The zero-order valence-corrected chi connectivity index (χ0v) is 16.2. The van der Waals surface area contributed by atoms with Crippen LogP contribution in [0.25, 0.3) is 10.1 Å². The van der Waals surface area contributed by atoms with Crippen LogP contribution in [-0.2, 0) is 4.79 Å². The summed E-state index contributed by atoms with van der Waals surface area (Å²) in [5, 5.41) is 14.4. The number of nitro groups is 1. The molecule has 1 atom stereocenters. The average Bonchev–Trinajstić information content (AvgIpc) is 3.08. The van der Waals surface area contributed by atoms with Crippen molar-refractivity contribution in [3.63, 3.8) is 0 Å². The van der Waals surface area contributed by atoms with E-state index in [1.807, 2.05) is 0 Å². The number of halogens is 1. The Labute approximate surface area is 166 Å². The molecule has 0 saturated carbocycles. The van der Waals surface area contributed by atoms with Crippen molar-refractivity contribution in [2.24, 2.45) is 11.7 Å². The van der Waals surface area contributed by atoms with Crippen molar-refractivity contribution in [1.82, 2.24) is 10.2 Å². The lowest BCUT2D eigenvalue weighted by Crippen LogP contribution is -2.46. The molecule has 10 heteroatoms. The quantitative estimate of drug-likeness (QED) is 0.576. The lowest BCUT2D eigenvalue weighted by atomic mass is 9.97. The van der Waals surface area contributed by atoms with Gasteiger partial charge in [-0.3, -0.25) is 19.7 Å². The molecule has 2 heterocycles. The molecule has 8 nitrogen and oxygen atoms in total. The van der Waals surface area contributed by atoms with E-state index in [2.05, 4.69) is 5.32 Å². The fraction of sp³-hybridized carbons (Fsp3) is 0.412. The van der Waals surface area contributed by atoms with Gasteiger partial charge in [0.1, 0.15) is 0 Å². The van der Waals surface area contributed by atoms with Crippen LogP contribution in [0.1, 0.15) is 22.5 Å². The number of nitro benzene ring substituents is 1. The Morgan fingerprint density at radius 3 is 2.85 bits per heavy atom. The lowest BCUT2D eigenvalue weighted by molar-refractivity contribution is -0.384. The van der Waals surface area contributed by atoms with Gasteiger partial charge in [-0.15, -0.1) is 23.7 Å². The number of nitrogens with zero attached hydrogens (tertiary/aromatic N) is 2. The number of carbonyl (C=O) groups excluding carboxylic acids is 2. The maximum absolute atomic E-state index is 12.8. The van der Waals surface area contributed by atoms with Gasteiger partial charge in [0.2, 0.25) is 5.91 Å². The number of rotatable bonds is 5. The highest BCUT2D eigenvalue weighted by atomic mass is 35.5. The van der Waals surface area contributed by atoms with Crippen LogP contribution >= 0.6 is 23.7 Å². The van der Waals surface area contributed by atoms with E-state index in [1.54, 1.807) is 17.0 Å². The first-order valence-corrected chi connectivity index (χ1v) is 9.26. The Bertz CT molecular complexity index is 857. The molecule has 2 amide bonds. The monoisotopic (exact) mass is 412 g/mol. The second kappa shape index (κ2) is 9.12. The summed E-state index contributed by atoms with van der Waals surface area (Å²) < 4.78 is 0.827. The minimum absolute atomic E-state index is 0. The third kappa shape index (κ3) is 4.74. The molecule has 1 aliphatic rings. The Morgan fingerprint density at radius 1 is 1.37 bits per heavy atom. The number of hydrogen-bond acceptors (Lipinski definition) is 6. The largest absolute Gasteiger partial charge is 0.355 e. The number of fused-ring (bicyclic) bond motifs is 1. The molecule has 1 saturated heterocycles. The van der Waals surface area contributed by atoms with E-state index in [0.717, 1.165) is 17.5 Å². The molecule has 1 aliphatic heterocycles. The highest BCUT2D eigenvalue weighted by Crippen LogP contribution is 2.30. The van der Waals surface area contributed by atoms with E-state index in [9.17, 15) is 19.7 Å². The third-order valence-corrected chi connectivity index (χ3v) is 5.55. The van der Waals surface area contributed by atoms with E-state index >= 15 is 0 Å². The smallest absolute Gasteiger partial charge is 0.270 e. The SMILES string of the molecule is Cl.NCCNC(=O)C1CCCN(C(=O)c2cc3cc([N+](=O)[O-])ccc3s2)C1. The van der Waals surface area contributed by atoms with Crippen LogP contribution in [0, 0.1) is 16.0 Å². The summed E-state index contributed by atoms with van der Waals surface area (Å²) in [7, 11) is 0. The number of carbonyl (C=O) groups is 2. The average molecular weight is 413 g/mol. The summed E-state index contributed by atoms with van der Waals surface area (Å²) in [5.74, 6) is -0.431. The molecule has 2 aromatic rings. The second-order valence-corrected chi connectivity index (χ2v) is 7.34. The van der Waals surface area contributed by atoms with Crippen LogP contribution in [-0.4, -0.2) is 47.8 Å². The number of nitrogens with two attached hydrogens (primary N) is 1. The van der Waals surface area contributed by atoms with Crippen molar-refractivity contribution >= 4 is 51.3 Å². The second-order valence-electron chi connectivity index (χ2n) is 6.26. The first-order chi connectivity index (χ1) is 12.5. The summed E-state index contributed by atoms with van der Waals surface area (Å²) >= 11 is 1.31. The topological polar surface area (TPSA) is 119 Å². The molecule has 3 rings (SSSR count). The van der Waals surface area contributed by atoms with E-state index in [0.29, 0.717) is 36.4 Å². The van der Waals surface area contributed by atoms with Gasteiger partial charge in [-0.25, -0.2) is 0 Å². The molecule has 0 spiro atoms. The van der Waals surface area contributed by atoms with Gasteiger partial charge in [-0.2, -0.15) is 0 Å². The fourth-order valence-corrected chi connectivity index (χ4v) is 4.13. The molecular weight excluding hydrogens is 392 g/mol. The van der Waals surface area contributed by atoms with E-state index < -0.39 is 4.92 Å². The summed E-state index contributed by atoms with van der Waals surface area (Å²) in [5.41, 5.74) is 5.41. The van der Waals surface area contributed by atoms with Gasteiger partial charge in [-0.05, 0) is 25.0 Å². The van der Waals surface area contributed by atoms with Crippen molar-refractivity contribution in [2.45, 2.75) is 12.8 Å². The van der Waals surface area contributed by atoms with Gasteiger partial charge in [0.25, 0.3) is 11.6 Å². The highest BCUT2D eigenvalue weighted by molar-refractivity contribution is 7.20. The van der Waals surface area contributed by atoms with Crippen molar-refractivity contribution in [2.75, 3.05) is 26.2 Å². The van der Waals surface area contributed by atoms with Gasteiger partial charge in [0.05, 0.1) is 15.7 Å². The van der Waals surface area contributed by atoms with Crippen molar-refractivity contribution in [3.8, 4) is 0 Å². The van der Waals surface area contributed by atoms with Crippen molar-refractivity contribution < 1.29 is 14.5 Å². The van der Waals surface area contributed by atoms with Gasteiger partial charge >= 0.3 is 0 Å². The lowest BCUT2D eigenvalue weighted by Gasteiger charge is -2.31. The number of hydrogen-bond donors (Lipinski definition) is 2. The fourth-order valence-electron chi connectivity index (χ4n) is 3.12.